The molecule has 1 aliphatic heterocycles. The molecule has 0 aromatic rings. The molecule has 1 fully saturated rings. The van der Waals surface area contributed by atoms with Crippen LogP contribution in [0, 0.1) is 0 Å². The Hall–Kier alpha value is -1.40. The third-order valence-electron chi connectivity index (χ3n) is 1.70. The Morgan fingerprint density at radius 1 is 0.933 bits per heavy atom. The molecule has 0 radical (unpaired) electrons. The molecule has 1 heterocycles. The van der Waals surface area contributed by atoms with E-state index in [9.17, 15) is 9.59 Å². The first-order valence-corrected chi connectivity index (χ1v) is 4.60. The number of piperidine rings is 1. The van der Waals surface area contributed by atoms with Crippen molar-refractivity contribution >= 4 is 11.9 Å². The van der Waals surface area contributed by atoms with Crippen molar-refractivity contribution in [2.75, 3.05) is 13.1 Å². The van der Waals surface area contributed by atoms with Crippen molar-refractivity contribution in [3.8, 4) is 0 Å². The van der Waals surface area contributed by atoms with Gasteiger partial charge in [-0.2, -0.15) is 5.06 Å². The maximum absolute atomic E-state index is 9.55. The van der Waals surface area contributed by atoms with E-state index < -0.39 is 11.9 Å². The van der Waals surface area contributed by atoms with Crippen LogP contribution in [0.1, 0.15) is 19.3 Å². The summed E-state index contributed by atoms with van der Waals surface area (Å²) in [7, 11) is 0. The van der Waals surface area contributed by atoms with Gasteiger partial charge in [-0.1, -0.05) is 6.42 Å². The van der Waals surface area contributed by atoms with Gasteiger partial charge in [-0.15, -0.1) is 0 Å². The molecule has 0 spiro atoms. The Balaban J connectivity index is 0.000000262. The van der Waals surface area contributed by atoms with Crippen molar-refractivity contribution in [1.82, 2.24) is 5.06 Å². The van der Waals surface area contributed by atoms with Crippen molar-refractivity contribution in [2.45, 2.75) is 19.3 Å². The topological polar surface area (TPSA) is 98.1 Å². The lowest BCUT2D eigenvalue weighted by Crippen LogP contribution is -2.25. The Bertz CT molecular complexity index is 217. The van der Waals surface area contributed by atoms with E-state index >= 15 is 0 Å². The average molecular weight is 217 g/mol. The van der Waals surface area contributed by atoms with Crippen LogP contribution in [0.25, 0.3) is 0 Å². The highest BCUT2D eigenvalue weighted by Crippen LogP contribution is 2.04. The van der Waals surface area contributed by atoms with Gasteiger partial charge < -0.3 is 15.4 Å². The number of aliphatic carboxylic acids is 2. The van der Waals surface area contributed by atoms with Crippen LogP contribution < -0.4 is 0 Å². The summed E-state index contributed by atoms with van der Waals surface area (Å²) in [5.41, 5.74) is 0. The van der Waals surface area contributed by atoms with Crippen molar-refractivity contribution in [1.29, 1.82) is 0 Å². The fraction of sp³-hybridized carbons (Fsp3) is 0.556. The van der Waals surface area contributed by atoms with Crippen LogP contribution in [0.15, 0.2) is 12.2 Å². The number of hydroxylamine groups is 2. The van der Waals surface area contributed by atoms with E-state index in [4.69, 9.17) is 15.4 Å². The average Bonchev–Trinajstić information content (AvgIpc) is 2.17. The fourth-order valence-corrected chi connectivity index (χ4v) is 1.02. The molecule has 0 unspecified atom stereocenters. The molecule has 0 bridgehead atoms. The second-order valence-electron chi connectivity index (χ2n) is 3.02. The predicted molar refractivity (Wildman–Crippen MR) is 51.6 cm³/mol. The van der Waals surface area contributed by atoms with Crippen LogP contribution >= 0.6 is 0 Å². The zero-order valence-electron chi connectivity index (χ0n) is 8.30. The first kappa shape index (κ1) is 13.6. The second kappa shape index (κ2) is 7.95. The van der Waals surface area contributed by atoms with Gasteiger partial charge in [0.05, 0.1) is 0 Å². The molecular weight excluding hydrogens is 202 g/mol. The van der Waals surface area contributed by atoms with E-state index in [0.717, 1.165) is 25.9 Å². The van der Waals surface area contributed by atoms with Gasteiger partial charge in [0.15, 0.2) is 0 Å². The molecular formula is C9H15NO5. The largest absolute Gasteiger partial charge is 0.478 e. The summed E-state index contributed by atoms with van der Waals surface area (Å²) in [4.78, 5) is 19.1. The lowest BCUT2D eigenvalue weighted by atomic mass is 10.2. The van der Waals surface area contributed by atoms with Crippen LogP contribution in [0.5, 0.6) is 0 Å². The highest BCUT2D eigenvalue weighted by molar-refractivity contribution is 5.89. The summed E-state index contributed by atoms with van der Waals surface area (Å²) in [5, 5.41) is 25.8. The Morgan fingerprint density at radius 2 is 1.33 bits per heavy atom. The number of carbonyl (C=O) groups is 2. The standard InChI is InChI=1S/C5H11NO.C4H4O4/c7-6-4-2-1-3-5-6;5-3(6)1-2-4(7)8/h7H,1-5H2;1-2H,(H,5,6)(H,7,8)/b;2-1-. The number of carboxylic acids is 2. The summed E-state index contributed by atoms with van der Waals surface area (Å²) in [6.07, 6.45) is 4.73. The monoisotopic (exact) mass is 217 g/mol. The van der Waals surface area contributed by atoms with E-state index in [0.29, 0.717) is 12.2 Å². The normalized spacial score (nSPS) is 16.9. The highest BCUT2D eigenvalue weighted by Gasteiger charge is 2.04. The van der Waals surface area contributed by atoms with Crippen molar-refractivity contribution in [3.05, 3.63) is 12.2 Å². The second-order valence-corrected chi connectivity index (χ2v) is 3.02. The highest BCUT2D eigenvalue weighted by atomic mass is 16.5. The molecule has 0 aromatic carbocycles. The summed E-state index contributed by atoms with van der Waals surface area (Å²) in [6.45, 7) is 1.75. The van der Waals surface area contributed by atoms with E-state index in [1.165, 1.54) is 11.5 Å². The smallest absolute Gasteiger partial charge is 0.328 e. The number of carboxylic acid groups (broad SMARTS) is 2. The molecule has 1 saturated heterocycles. The van der Waals surface area contributed by atoms with Crippen LogP contribution in [0.2, 0.25) is 0 Å². The minimum Gasteiger partial charge on any atom is -0.478 e. The van der Waals surface area contributed by atoms with E-state index in [1.807, 2.05) is 0 Å². The molecule has 0 aromatic heterocycles. The van der Waals surface area contributed by atoms with Gasteiger partial charge in [-0.05, 0) is 12.8 Å². The van der Waals surface area contributed by atoms with Gasteiger partial charge in [0.25, 0.3) is 0 Å². The van der Waals surface area contributed by atoms with Gasteiger partial charge in [-0.3, -0.25) is 0 Å². The third kappa shape index (κ3) is 10.5. The van der Waals surface area contributed by atoms with Gasteiger partial charge in [0.1, 0.15) is 0 Å². The maximum atomic E-state index is 9.55. The lowest BCUT2D eigenvalue weighted by molar-refractivity contribution is -0.134. The van der Waals surface area contributed by atoms with E-state index in [2.05, 4.69) is 0 Å². The van der Waals surface area contributed by atoms with Crippen LogP contribution in [0.4, 0.5) is 0 Å². The SMILES string of the molecule is O=C(O)/C=C\C(=O)O.ON1CCCCC1. The zero-order chi connectivity index (χ0) is 11.7. The molecule has 0 saturated carbocycles. The number of hydrogen-bond acceptors (Lipinski definition) is 4. The molecule has 6 heteroatoms. The van der Waals surface area contributed by atoms with Crippen LogP contribution in [-0.4, -0.2) is 45.5 Å². The van der Waals surface area contributed by atoms with Gasteiger partial charge >= 0.3 is 11.9 Å². The van der Waals surface area contributed by atoms with Crippen molar-refractivity contribution in [2.24, 2.45) is 0 Å². The lowest BCUT2D eigenvalue weighted by Gasteiger charge is -2.18. The van der Waals surface area contributed by atoms with Crippen LogP contribution in [-0.2, 0) is 9.59 Å². The molecule has 0 amide bonds. The van der Waals surface area contributed by atoms with Gasteiger partial charge in [-0.25, -0.2) is 9.59 Å². The molecule has 1 aliphatic rings. The molecule has 3 N–H and O–H groups in total. The zero-order valence-corrected chi connectivity index (χ0v) is 8.30. The molecule has 0 atom stereocenters. The van der Waals surface area contributed by atoms with E-state index in [1.54, 1.807) is 0 Å². The summed E-state index contributed by atoms with van der Waals surface area (Å²) < 4.78 is 0. The Morgan fingerprint density at radius 3 is 1.53 bits per heavy atom. The quantitative estimate of drug-likeness (QED) is 0.585. The van der Waals surface area contributed by atoms with Crippen molar-refractivity contribution in [3.63, 3.8) is 0 Å². The molecule has 15 heavy (non-hydrogen) atoms. The summed E-state index contributed by atoms with van der Waals surface area (Å²) in [5.74, 6) is -2.51. The predicted octanol–water partition coefficient (Wildman–Crippen LogP) is 0.573. The van der Waals surface area contributed by atoms with E-state index in [-0.39, 0.29) is 0 Å². The van der Waals surface area contributed by atoms with Gasteiger partial charge in [0, 0.05) is 25.2 Å². The summed E-state index contributed by atoms with van der Waals surface area (Å²) in [6, 6.07) is 0. The Kier molecular flexibility index (Phi) is 7.21. The van der Waals surface area contributed by atoms with Crippen LogP contribution in [0.3, 0.4) is 0 Å². The summed E-state index contributed by atoms with van der Waals surface area (Å²) >= 11 is 0. The molecule has 6 nitrogen and oxygen atoms in total. The Labute approximate surface area is 87.4 Å². The number of nitrogens with zero attached hydrogens (tertiary/aromatic N) is 1. The minimum atomic E-state index is -1.26. The number of rotatable bonds is 2. The first-order chi connectivity index (χ1) is 7.02. The molecule has 86 valence electrons. The molecule has 1 rings (SSSR count). The minimum absolute atomic E-state index is 0.558. The third-order valence-corrected chi connectivity index (χ3v) is 1.70. The number of hydrogen-bond donors (Lipinski definition) is 3. The van der Waals surface area contributed by atoms with Gasteiger partial charge in [0.2, 0.25) is 0 Å². The first-order valence-electron chi connectivity index (χ1n) is 4.60. The fourth-order valence-electron chi connectivity index (χ4n) is 1.02. The molecule has 0 aliphatic carbocycles. The maximum Gasteiger partial charge on any atom is 0.328 e. The van der Waals surface area contributed by atoms with Crippen molar-refractivity contribution < 1.29 is 25.0 Å².